The van der Waals surface area contributed by atoms with E-state index < -0.39 is 21.4 Å². The molecule has 1 amide bonds. The van der Waals surface area contributed by atoms with E-state index in [0.717, 1.165) is 25.7 Å². The summed E-state index contributed by atoms with van der Waals surface area (Å²) in [6, 6.07) is 7.36. The largest absolute Gasteiger partial charge is 0.493 e. The van der Waals surface area contributed by atoms with Crippen molar-refractivity contribution in [2.24, 2.45) is 5.14 Å². The van der Waals surface area contributed by atoms with Crippen molar-refractivity contribution in [2.45, 2.75) is 68.2 Å². The molecule has 0 spiro atoms. The van der Waals surface area contributed by atoms with Gasteiger partial charge in [-0.05, 0) is 63.8 Å². The molecule has 9 nitrogen and oxygen atoms in total. The second-order valence-corrected chi connectivity index (χ2v) is 10.8. The summed E-state index contributed by atoms with van der Waals surface area (Å²) in [6.45, 7) is 3.32. The van der Waals surface area contributed by atoms with Crippen molar-refractivity contribution in [2.75, 3.05) is 12.0 Å². The van der Waals surface area contributed by atoms with E-state index in [9.17, 15) is 17.6 Å². The molecule has 2 aliphatic rings. The first kappa shape index (κ1) is 24.2. The number of nitrogens with zero attached hydrogens (tertiary/aromatic N) is 2. The molecule has 0 aliphatic carbocycles. The van der Waals surface area contributed by atoms with Gasteiger partial charge in [0, 0.05) is 30.4 Å². The highest BCUT2D eigenvalue weighted by atomic mass is 32.2. The minimum Gasteiger partial charge on any atom is -0.493 e. The van der Waals surface area contributed by atoms with E-state index in [-0.39, 0.29) is 40.4 Å². The fraction of sp³-hybridized carbons (Fsp3) is 0.478. The number of pyridine rings is 1. The van der Waals surface area contributed by atoms with Crippen molar-refractivity contribution in [3.05, 3.63) is 42.3 Å². The Kier molecular flexibility index (Phi) is 6.43. The van der Waals surface area contributed by atoms with Gasteiger partial charge in [-0.3, -0.25) is 4.79 Å². The summed E-state index contributed by atoms with van der Waals surface area (Å²) < 4.78 is 47.6. The monoisotopic (exact) mass is 492 g/mol. The van der Waals surface area contributed by atoms with Crippen molar-refractivity contribution >= 4 is 21.7 Å². The molecule has 11 heteroatoms. The number of ether oxygens (including phenoxy) is 2. The molecule has 3 heterocycles. The van der Waals surface area contributed by atoms with Gasteiger partial charge in [0.15, 0.2) is 17.1 Å². The molecule has 4 rings (SSSR count). The predicted molar refractivity (Wildman–Crippen MR) is 124 cm³/mol. The molecule has 3 N–H and O–H groups in total. The van der Waals surface area contributed by atoms with E-state index in [1.807, 2.05) is 0 Å². The molecular formula is C23H29FN4O5S. The van der Waals surface area contributed by atoms with E-state index in [0.29, 0.717) is 5.82 Å². The van der Waals surface area contributed by atoms with Gasteiger partial charge in [0.25, 0.3) is 5.91 Å². The number of methoxy groups -OCH3 is 1. The van der Waals surface area contributed by atoms with Crippen LogP contribution in [0.15, 0.2) is 41.4 Å². The third-order valence-electron chi connectivity index (χ3n) is 6.42. The van der Waals surface area contributed by atoms with Crippen LogP contribution in [0.4, 0.5) is 10.2 Å². The van der Waals surface area contributed by atoms with Gasteiger partial charge in [0.1, 0.15) is 16.5 Å². The average Bonchev–Trinajstić information content (AvgIpc) is 3.04. The number of aromatic nitrogens is 1. The Bertz CT molecular complexity index is 1160. The van der Waals surface area contributed by atoms with Crippen LogP contribution >= 0.6 is 0 Å². The SMILES string of the molecule is COc1cc(F)ccc1OC(C)(C)C(=O)NC1C[C@H]2CC[C@@H](C1)N2c1ccc(S(N)(=O)=O)cn1. The number of carbonyl (C=O) groups is 1. The first-order chi connectivity index (χ1) is 16.0. The summed E-state index contributed by atoms with van der Waals surface area (Å²) >= 11 is 0. The van der Waals surface area contributed by atoms with Crippen LogP contribution in [0.3, 0.4) is 0 Å². The summed E-state index contributed by atoms with van der Waals surface area (Å²) in [5.41, 5.74) is -1.20. The smallest absolute Gasteiger partial charge is 0.263 e. The molecule has 2 aliphatic heterocycles. The zero-order chi connectivity index (χ0) is 24.7. The number of halogens is 1. The Morgan fingerprint density at radius 2 is 1.85 bits per heavy atom. The fourth-order valence-corrected chi connectivity index (χ4v) is 5.23. The number of primary sulfonamides is 1. The number of carbonyl (C=O) groups excluding carboxylic acids is 1. The van der Waals surface area contributed by atoms with Crippen molar-refractivity contribution in [3.63, 3.8) is 0 Å². The Labute approximate surface area is 198 Å². The molecular weight excluding hydrogens is 463 g/mol. The molecule has 0 saturated carbocycles. The summed E-state index contributed by atoms with van der Waals surface area (Å²) in [5.74, 6) is 0.479. The standard InChI is InChI=1S/C23H29FN4O5S/c1-23(2,33-19-8-4-14(24)10-20(19)32-3)22(29)27-15-11-16-5-6-17(12-15)28(16)21-9-7-18(13-26-21)34(25,30)31/h4,7-10,13,15-17H,5-6,11-12H2,1-3H3,(H,27,29)(H2,25,30,31)/t15?,16-,17+. The molecule has 0 radical (unpaired) electrons. The maximum Gasteiger partial charge on any atom is 0.263 e. The van der Waals surface area contributed by atoms with E-state index in [1.54, 1.807) is 19.9 Å². The van der Waals surface area contributed by atoms with Gasteiger partial charge in [-0.2, -0.15) is 0 Å². The number of nitrogens with two attached hydrogens (primary N) is 1. The van der Waals surface area contributed by atoms with Crippen LogP contribution in [0.2, 0.25) is 0 Å². The van der Waals surface area contributed by atoms with Crippen molar-refractivity contribution in [1.29, 1.82) is 0 Å². The molecule has 2 bridgehead atoms. The minimum absolute atomic E-state index is 0.0224. The van der Waals surface area contributed by atoms with Crippen LogP contribution in [0.25, 0.3) is 0 Å². The lowest BCUT2D eigenvalue weighted by Gasteiger charge is -2.40. The number of hydrogen-bond donors (Lipinski definition) is 2. The zero-order valence-corrected chi connectivity index (χ0v) is 20.1. The Morgan fingerprint density at radius 3 is 2.41 bits per heavy atom. The number of fused-ring (bicyclic) bond motifs is 2. The van der Waals surface area contributed by atoms with E-state index in [1.165, 1.54) is 37.6 Å². The van der Waals surface area contributed by atoms with Crippen LogP contribution in [0, 0.1) is 5.82 Å². The van der Waals surface area contributed by atoms with Gasteiger partial charge >= 0.3 is 0 Å². The number of rotatable bonds is 7. The van der Waals surface area contributed by atoms with Crippen LogP contribution in [-0.2, 0) is 14.8 Å². The van der Waals surface area contributed by atoms with Crippen LogP contribution in [0.1, 0.15) is 39.5 Å². The lowest BCUT2D eigenvalue weighted by molar-refractivity contribution is -0.135. The van der Waals surface area contributed by atoms with Gasteiger partial charge in [-0.25, -0.2) is 22.9 Å². The van der Waals surface area contributed by atoms with E-state index in [2.05, 4.69) is 15.2 Å². The predicted octanol–water partition coefficient (Wildman–Crippen LogP) is 2.35. The van der Waals surface area contributed by atoms with Crippen LogP contribution < -0.4 is 24.8 Å². The van der Waals surface area contributed by atoms with Gasteiger partial charge in [0.2, 0.25) is 10.0 Å². The average molecular weight is 493 g/mol. The van der Waals surface area contributed by atoms with Gasteiger partial charge in [-0.15, -0.1) is 0 Å². The van der Waals surface area contributed by atoms with E-state index >= 15 is 0 Å². The van der Waals surface area contributed by atoms with Crippen molar-refractivity contribution in [1.82, 2.24) is 10.3 Å². The highest BCUT2D eigenvalue weighted by molar-refractivity contribution is 7.89. The molecule has 1 aromatic carbocycles. The summed E-state index contributed by atoms with van der Waals surface area (Å²) in [6.07, 6.45) is 4.67. The molecule has 1 aromatic heterocycles. The quantitative estimate of drug-likeness (QED) is 0.608. The Balaban J connectivity index is 1.41. The Morgan fingerprint density at radius 1 is 1.18 bits per heavy atom. The number of benzene rings is 1. The second-order valence-electron chi connectivity index (χ2n) is 9.24. The summed E-state index contributed by atoms with van der Waals surface area (Å²) in [4.78, 5) is 19.6. The lowest BCUT2D eigenvalue weighted by Crippen LogP contribution is -2.55. The van der Waals surface area contributed by atoms with Crippen molar-refractivity contribution in [3.8, 4) is 11.5 Å². The summed E-state index contributed by atoms with van der Waals surface area (Å²) in [7, 11) is -2.38. The number of anilines is 1. The maximum absolute atomic E-state index is 13.5. The number of hydrogen-bond acceptors (Lipinski definition) is 7. The number of nitrogens with one attached hydrogen (secondary N) is 1. The number of amides is 1. The van der Waals surface area contributed by atoms with Gasteiger partial charge in [-0.1, -0.05) is 0 Å². The second kappa shape index (κ2) is 9.03. The highest BCUT2D eigenvalue weighted by Gasteiger charge is 2.43. The maximum atomic E-state index is 13.5. The Hall–Kier alpha value is -2.92. The topological polar surface area (TPSA) is 124 Å². The molecule has 2 aromatic rings. The first-order valence-electron chi connectivity index (χ1n) is 11.1. The molecule has 2 fully saturated rings. The zero-order valence-electron chi connectivity index (χ0n) is 19.3. The normalized spacial score (nSPS) is 22.4. The minimum atomic E-state index is -3.79. The third kappa shape index (κ3) is 4.95. The van der Waals surface area contributed by atoms with Gasteiger partial charge in [0.05, 0.1) is 7.11 Å². The molecule has 1 unspecified atom stereocenters. The van der Waals surface area contributed by atoms with Crippen molar-refractivity contribution < 1.29 is 27.1 Å². The number of piperidine rings is 1. The highest BCUT2D eigenvalue weighted by Crippen LogP contribution is 2.39. The number of sulfonamides is 1. The fourth-order valence-electron chi connectivity index (χ4n) is 4.77. The van der Waals surface area contributed by atoms with Gasteiger partial charge < -0.3 is 19.7 Å². The molecule has 34 heavy (non-hydrogen) atoms. The third-order valence-corrected chi connectivity index (χ3v) is 7.32. The molecule has 2 saturated heterocycles. The van der Waals surface area contributed by atoms with E-state index in [4.69, 9.17) is 14.6 Å². The summed E-state index contributed by atoms with van der Waals surface area (Å²) in [5, 5.41) is 8.28. The van der Waals surface area contributed by atoms with Crippen LogP contribution in [-0.4, -0.2) is 50.1 Å². The lowest BCUT2D eigenvalue weighted by atomic mass is 9.96. The molecule has 184 valence electrons. The molecule has 3 atom stereocenters. The van der Waals surface area contributed by atoms with Crippen LogP contribution in [0.5, 0.6) is 11.5 Å². The first-order valence-corrected chi connectivity index (χ1v) is 12.6.